The van der Waals surface area contributed by atoms with Gasteiger partial charge in [-0.3, -0.25) is 4.79 Å². The highest BCUT2D eigenvalue weighted by Crippen LogP contribution is 2.27. The molecule has 0 fully saturated rings. The zero-order chi connectivity index (χ0) is 20.1. The number of anilines is 1. The summed E-state index contributed by atoms with van der Waals surface area (Å²) in [5.41, 5.74) is 1.36. The maximum absolute atomic E-state index is 12.6. The number of benzene rings is 2. The van der Waals surface area contributed by atoms with Crippen molar-refractivity contribution < 1.29 is 14.1 Å². The molecule has 1 N–H and O–H groups in total. The Morgan fingerprint density at radius 2 is 1.83 bits per heavy atom. The SMILES string of the molecule is O=C(Nc1ccccc1-c1nc(COc2ccccc2)no1)c1cccnc1Cl. The van der Waals surface area contributed by atoms with Gasteiger partial charge in [0.1, 0.15) is 10.9 Å². The Balaban J connectivity index is 1.52. The van der Waals surface area contributed by atoms with Crippen LogP contribution in [0.3, 0.4) is 0 Å². The molecule has 0 spiro atoms. The van der Waals surface area contributed by atoms with E-state index in [9.17, 15) is 4.79 Å². The van der Waals surface area contributed by atoms with E-state index in [2.05, 4.69) is 20.4 Å². The van der Waals surface area contributed by atoms with Crippen LogP contribution in [0.2, 0.25) is 5.15 Å². The van der Waals surface area contributed by atoms with Gasteiger partial charge in [-0.15, -0.1) is 0 Å². The Morgan fingerprint density at radius 1 is 1.03 bits per heavy atom. The van der Waals surface area contributed by atoms with E-state index in [0.29, 0.717) is 22.8 Å². The molecule has 0 unspecified atom stereocenters. The van der Waals surface area contributed by atoms with Gasteiger partial charge in [0.15, 0.2) is 6.61 Å². The summed E-state index contributed by atoms with van der Waals surface area (Å²) >= 11 is 6.00. The summed E-state index contributed by atoms with van der Waals surface area (Å²) in [7, 11) is 0. The monoisotopic (exact) mass is 406 g/mol. The van der Waals surface area contributed by atoms with Crippen molar-refractivity contribution in [2.75, 3.05) is 5.32 Å². The first kappa shape index (κ1) is 18.6. The first-order valence-corrected chi connectivity index (χ1v) is 9.10. The number of carbonyl (C=O) groups excluding carboxylic acids is 1. The number of ether oxygens (including phenoxy) is 1. The molecule has 0 saturated heterocycles. The highest BCUT2D eigenvalue weighted by Gasteiger charge is 2.17. The average Bonchev–Trinajstić information content (AvgIpc) is 3.22. The summed E-state index contributed by atoms with van der Waals surface area (Å²) < 4.78 is 11.0. The summed E-state index contributed by atoms with van der Waals surface area (Å²) in [4.78, 5) is 20.8. The predicted octanol–water partition coefficient (Wildman–Crippen LogP) is 4.62. The Morgan fingerprint density at radius 3 is 2.66 bits per heavy atom. The molecular formula is C21H15ClN4O3. The molecule has 8 heteroatoms. The van der Waals surface area contributed by atoms with Crippen molar-refractivity contribution in [3.8, 4) is 17.2 Å². The first-order valence-electron chi connectivity index (χ1n) is 8.72. The Labute approximate surface area is 171 Å². The second-order valence-electron chi connectivity index (χ2n) is 5.96. The lowest BCUT2D eigenvalue weighted by Crippen LogP contribution is -2.13. The van der Waals surface area contributed by atoms with Crippen molar-refractivity contribution in [2.45, 2.75) is 6.61 Å². The van der Waals surface area contributed by atoms with Crippen molar-refractivity contribution in [1.82, 2.24) is 15.1 Å². The number of carbonyl (C=O) groups is 1. The molecule has 7 nitrogen and oxygen atoms in total. The normalized spacial score (nSPS) is 10.5. The molecule has 144 valence electrons. The van der Waals surface area contributed by atoms with Crippen LogP contribution in [0.5, 0.6) is 5.75 Å². The first-order chi connectivity index (χ1) is 14.2. The molecule has 2 heterocycles. The smallest absolute Gasteiger partial charge is 0.260 e. The minimum atomic E-state index is -0.386. The van der Waals surface area contributed by atoms with Crippen LogP contribution < -0.4 is 10.1 Å². The van der Waals surface area contributed by atoms with Gasteiger partial charge in [-0.1, -0.05) is 47.1 Å². The standard InChI is InChI=1S/C21H15ClN4O3/c22-19-16(10-6-12-23-19)20(27)24-17-11-5-4-9-15(17)21-25-18(26-29-21)13-28-14-7-2-1-3-8-14/h1-12H,13H2,(H,24,27). The molecular weight excluding hydrogens is 392 g/mol. The lowest BCUT2D eigenvalue weighted by Gasteiger charge is -2.09. The van der Waals surface area contributed by atoms with Crippen molar-refractivity contribution in [2.24, 2.45) is 0 Å². The maximum Gasteiger partial charge on any atom is 0.260 e. The summed E-state index contributed by atoms with van der Waals surface area (Å²) in [6.45, 7) is 0.160. The van der Waals surface area contributed by atoms with Gasteiger partial charge in [-0.2, -0.15) is 4.98 Å². The molecule has 4 rings (SSSR count). The summed E-state index contributed by atoms with van der Waals surface area (Å²) in [5.74, 6) is 0.979. The highest BCUT2D eigenvalue weighted by atomic mass is 35.5. The minimum Gasteiger partial charge on any atom is -0.485 e. The number of nitrogens with one attached hydrogen (secondary N) is 1. The fourth-order valence-corrected chi connectivity index (χ4v) is 2.82. The van der Waals surface area contributed by atoms with E-state index >= 15 is 0 Å². The predicted molar refractivity (Wildman–Crippen MR) is 108 cm³/mol. The molecule has 0 aliphatic heterocycles. The Hall–Kier alpha value is -3.71. The molecule has 0 aliphatic carbocycles. The number of rotatable bonds is 6. The fraction of sp³-hybridized carbons (Fsp3) is 0.0476. The van der Waals surface area contributed by atoms with E-state index in [1.54, 1.807) is 30.3 Å². The van der Waals surface area contributed by atoms with Crippen LogP contribution in [0.1, 0.15) is 16.2 Å². The van der Waals surface area contributed by atoms with Gasteiger partial charge in [-0.25, -0.2) is 4.98 Å². The van der Waals surface area contributed by atoms with Crippen LogP contribution in [-0.2, 0) is 6.61 Å². The van der Waals surface area contributed by atoms with E-state index in [1.807, 2.05) is 36.4 Å². The number of nitrogens with zero attached hydrogens (tertiary/aromatic N) is 3. The number of hydrogen-bond acceptors (Lipinski definition) is 6. The van der Waals surface area contributed by atoms with Crippen LogP contribution in [-0.4, -0.2) is 21.0 Å². The van der Waals surface area contributed by atoms with E-state index in [4.69, 9.17) is 20.9 Å². The largest absolute Gasteiger partial charge is 0.485 e. The molecule has 0 radical (unpaired) electrons. The number of halogens is 1. The number of amides is 1. The summed E-state index contributed by atoms with van der Waals surface area (Å²) in [6, 6.07) is 19.7. The van der Waals surface area contributed by atoms with E-state index < -0.39 is 0 Å². The van der Waals surface area contributed by atoms with Gasteiger partial charge < -0.3 is 14.6 Å². The molecule has 0 saturated carbocycles. The minimum absolute atomic E-state index is 0.126. The third-order valence-corrected chi connectivity index (χ3v) is 4.29. The highest BCUT2D eigenvalue weighted by molar-refractivity contribution is 6.33. The van der Waals surface area contributed by atoms with Crippen molar-refractivity contribution in [3.63, 3.8) is 0 Å². The fourth-order valence-electron chi connectivity index (χ4n) is 2.61. The van der Waals surface area contributed by atoms with Crippen LogP contribution in [0.15, 0.2) is 77.4 Å². The molecule has 0 atom stereocenters. The number of hydrogen-bond donors (Lipinski definition) is 1. The lowest BCUT2D eigenvalue weighted by molar-refractivity contribution is 0.102. The van der Waals surface area contributed by atoms with Crippen LogP contribution in [0.4, 0.5) is 5.69 Å². The lowest BCUT2D eigenvalue weighted by atomic mass is 10.1. The molecule has 29 heavy (non-hydrogen) atoms. The molecule has 2 aromatic heterocycles. The number of aromatic nitrogens is 3. The zero-order valence-corrected chi connectivity index (χ0v) is 15.8. The third kappa shape index (κ3) is 4.41. The van der Waals surface area contributed by atoms with E-state index in [1.165, 1.54) is 6.20 Å². The Bertz CT molecular complexity index is 1130. The van der Waals surface area contributed by atoms with Gasteiger partial charge >= 0.3 is 0 Å². The number of para-hydroxylation sites is 2. The molecule has 1 amide bonds. The molecule has 0 aliphatic rings. The van der Waals surface area contributed by atoms with Gasteiger partial charge in [0.2, 0.25) is 5.82 Å². The van der Waals surface area contributed by atoms with Gasteiger partial charge in [0, 0.05) is 6.20 Å². The molecule has 0 bridgehead atoms. The van der Waals surface area contributed by atoms with Crippen LogP contribution >= 0.6 is 11.6 Å². The van der Waals surface area contributed by atoms with Crippen molar-refractivity contribution in [3.05, 3.63) is 89.5 Å². The van der Waals surface area contributed by atoms with Crippen molar-refractivity contribution >= 4 is 23.2 Å². The second kappa shape index (κ2) is 8.53. The average molecular weight is 407 g/mol. The summed E-state index contributed by atoms with van der Waals surface area (Å²) in [6.07, 6.45) is 1.52. The van der Waals surface area contributed by atoms with Gasteiger partial charge in [0.25, 0.3) is 11.8 Å². The quantitative estimate of drug-likeness (QED) is 0.470. The third-order valence-electron chi connectivity index (χ3n) is 3.99. The second-order valence-corrected chi connectivity index (χ2v) is 6.32. The van der Waals surface area contributed by atoms with E-state index in [0.717, 1.165) is 0 Å². The number of pyridine rings is 1. The Kier molecular flexibility index (Phi) is 5.49. The maximum atomic E-state index is 12.6. The topological polar surface area (TPSA) is 90.1 Å². The van der Waals surface area contributed by atoms with Gasteiger partial charge in [0.05, 0.1) is 16.8 Å². The van der Waals surface area contributed by atoms with Gasteiger partial charge in [-0.05, 0) is 36.4 Å². The molecule has 2 aromatic carbocycles. The summed E-state index contributed by atoms with van der Waals surface area (Å²) in [5, 5.41) is 6.88. The van der Waals surface area contributed by atoms with Crippen LogP contribution in [0, 0.1) is 0 Å². The van der Waals surface area contributed by atoms with Crippen molar-refractivity contribution in [1.29, 1.82) is 0 Å². The molecule has 4 aromatic rings. The zero-order valence-electron chi connectivity index (χ0n) is 15.1. The van der Waals surface area contributed by atoms with E-state index in [-0.39, 0.29) is 29.1 Å². The van der Waals surface area contributed by atoms with Crippen LogP contribution in [0.25, 0.3) is 11.5 Å².